The molecule has 1 aromatic rings. The molecule has 6 heteroatoms. The summed E-state index contributed by atoms with van der Waals surface area (Å²) in [6.45, 7) is 3.68. The van der Waals surface area contributed by atoms with Crippen molar-refractivity contribution >= 4 is 12.1 Å². The van der Waals surface area contributed by atoms with Crippen LogP contribution in [0.25, 0.3) is 0 Å². The Balaban J connectivity index is 2.46. The van der Waals surface area contributed by atoms with Gasteiger partial charge in [-0.15, -0.1) is 0 Å². The Labute approximate surface area is 111 Å². The third-order valence-corrected chi connectivity index (χ3v) is 2.50. The van der Waals surface area contributed by atoms with Crippen molar-refractivity contribution in [3.05, 3.63) is 35.4 Å². The van der Waals surface area contributed by atoms with E-state index < -0.39 is 11.6 Å². The first-order valence-corrected chi connectivity index (χ1v) is 5.80. The molecule has 0 aromatic heterocycles. The Hall–Kier alpha value is -2.17. The molecule has 0 fully saturated rings. The lowest BCUT2D eigenvalue weighted by atomic mass is 9.97. The van der Waals surface area contributed by atoms with Crippen molar-refractivity contribution in [2.75, 3.05) is 6.67 Å². The van der Waals surface area contributed by atoms with E-state index in [4.69, 9.17) is 0 Å². The number of nitrogens with one attached hydrogen (secondary N) is 2. The zero-order valence-corrected chi connectivity index (χ0v) is 10.9. The Morgan fingerprint density at radius 3 is 2.47 bits per heavy atom. The van der Waals surface area contributed by atoms with Crippen molar-refractivity contribution in [1.29, 1.82) is 0 Å². The number of carbonyl (C=O) groups is 1. The Morgan fingerprint density at radius 1 is 1.32 bits per heavy atom. The van der Waals surface area contributed by atoms with Crippen LogP contribution in [0, 0.1) is 0 Å². The molecule has 0 radical (unpaired) electrons. The van der Waals surface area contributed by atoms with Crippen LogP contribution in [-0.4, -0.2) is 23.9 Å². The molecule has 0 atom stereocenters. The zero-order valence-electron chi connectivity index (χ0n) is 10.9. The Morgan fingerprint density at radius 2 is 1.95 bits per heavy atom. The summed E-state index contributed by atoms with van der Waals surface area (Å²) < 4.78 is 0. The summed E-state index contributed by atoms with van der Waals surface area (Å²) in [4.78, 5) is 24.3. The van der Waals surface area contributed by atoms with Gasteiger partial charge in [-0.2, -0.15) is 4.99 Å². The Bertz CT molecular complexity index is 471. The van der Waals surface area contributed by atoms with Crippen LogP contribution >= 0.6 is 0 Å². The molecule has 102 valence electrons. The molecular weight excluding hydrogens is 246 g/mol. The number of nitrogens with zero attached hydrogens (tertiary/aromatic N) is 1. The summed E-state index contributed by atoms with van der Waals surface area (Å²) >= 11 is 0. The van der Waals surface area contributed by atoms with Gasteiger partial charge in [-0.1, -0.05) is 24.3 Å². The number of isocyanates is 1. The predicted molar refractivity (Wildman–Crippen MR) is 70.0 cm³/mol. The van der Waals surface area contributed by atoms with Crippen molar-refractivity contribution < 1.29 is 14.7 Å². The topological polar surface area (TPSA) is 90.8 Å². The maximum absolute atomic E-state index is 11.3. The minimum absolute atomic E-state index is 0.0903. The fraction of sp³-hybridized carbons (Fsp3) is 0.385. The SMILES string of the molecule is CC(C)(O)c1ccc(CNC(=O)NCN=C=O)cc1. The van der Waals surface area contributed by atoms with E-state index in [1.54, 1.807) is 13.8 Å². The quantitative estimate of drug-likeness (QED) is 0.547. The molecule has 1 rings (SSSR count). The van der Waals surface area contributed by atoms with E-state index in [2.05, 4.69) is 15.6 Å². The number of benzene rings is 1. The molecule has 0 aliphatic rings. The highest BCUT2D eigenvalue weighted by molar-refractivity contribution is 5.73. The standard InChI is InChI=1S/C13H17N3O3/c1-13(2,19)11-5-3-10(4-6-11)7-15-12(18)16-8-14-9-17/h3-6,19H,7-8H2,1-2H3,(H2,15,16,18). The summed E-state index contributed by atoms with van der Waals surface area (Å²) in [7, 11) is 0. The third kappa shape index (κ3) is 5.33. The van der Waals surface area contributed by atoms with E-state index in [9.17, 15) is 14.7 Å². The van der Waals surface area contributed by atoms with Gasteiger partial charge in [0.15, 0.2) is 0 Å². The van der Waals surface area contributed by atoms with Gasteiger partial charge in [0.25, 0.3) is 0 Å². The van der Waals surface area contributed by atoms with Gasteiger partial charge in [-0.25, -0.2) is 9.59 Å². The highest BCUT2D eigenvalue weighted by Crippen LogP contribution is 2.19. The number of hydrogen-bond donors (Lipinski definition) is 3. The van der Waals surface area contributed by atoms with Crippen molar-refractivity contribution in [3.8, 4) is 0 Å². The molecule has 2 amide bonds. The van der Waals surface area contributed by atoms with Gasteiger partial charge in [0.2, 0.25) is 6.08 Å². The number of amides is 2. The number of carbonyl (C=O) groups excluding carboxylic acids is 2. The first-order valence-electron chi connectivity index (χ1n) is 5.80. The van der Waals surface area contributed by atoms with Crippen LogP contribution in [0.3, 0.4) is 0 Å². The van der Waals surface area contributed by atoms with Crippen LogP contribution in [0.1, 0.15) is 25.0 Å². The lowest BCUT2D eigenvalue weighted by Gasteiger charge is -2.17. The maximum atomic E-state index is 11.3. The molecule has 0 saturated heterocycles. The number of aliphatic imine (C=N–C) groups is 1. The zero-order chi connectivity index (χ0) is 14.3. The fourth-order valence-corrected chi connectivity index (χ4v) is 1.42. The third-order valence-electron chi connectivity index (χ3n) is 2.50. The molecule has 3 N–H and O–H groups in total. The van der Waals surface area contributed by atoms with Gasteiger partial charge in [-0.3, -0.25) is 0 Å². The van der Waals surface area contributed by atoms with E-state index in [0.29, 0.717) is 6.54 Å². The van der Waals surface area contributed by atoms with Crippen LogP contribution in [0.2, 0.25) is 0 Å². The van der Waals surface area contributed by atoms with Crippen LogP contribution < -0.4 is 10.6 Å². The number of hydrogen-bond acceptors (Lipinski definition) is 4. The van der Waals surface area contributed by atoms with Gasteiger partial charge < -0.3 is 15.7 Å². The van der Waals surface area contributed by atoms with E-state index in [1.165, 1.54) is 6.08 Å². The molecule has 19 heavy (non-hydrogen) atoms. The van der Waals surface area contributed by atoms with Gasteiger partial charge in [0.1, 0.15) is 6.67 Å². The molecule has 1 aromatic carbocycles. The highest BCUT2D eigenvalue weighted by Gasteiger charge is 2.14. The van der Waals surface area contributed by atoms with Gasteiger partial charge in [-0.05, 0) is 25.0 Å². The minimum atomic E-state index is -0.879. The number of aliphatic hydroxyl groups is 1. The second-order valence-electron chi connectivity index (χ2n) is 4.52. The van der Waals surface area contributed by atoms with Crippen LogP contribution in [-0.2, 0) is 16.9 Å². The lowest BCUT2D eigenvalue weighted by Crippen LogP contribution is -2.35. The van der Waals surface area contributed by atoms with E-state index in [-0.39, 0.29) is 6.67 Å². The van der Waals surface area contributed by atoms with Crippen molar-refractivity contribution in [1.82, 2.24) is 10.6 Å². The maximum Gasteiger partial charge on any atom is 0.316 e. The average Bonchev–Trinajstić information content (AvgIpc) is 2.36. The molecule has 0 bridgehead atoms. The molecule has 0 unspecified atom stereocenters. The first kappa shape index (κ1) is 14.9. The number of rotatable bonds is 5. The highest BCUT2D eigenvalue weighted by atomic mass is 16.3. The summed E-state index contributed by atoms with van der Waals surface area (Å²) in [5.41, 5.74) is 0.832. The molecule has 0 aliphatic carbocycles. The first-order chi connectivity index (χ1) is 8.93. The molecular formula is C13H17N3O3. The van der Waals surface area contributed by atoms with Gasteiger partial charge in [0, 0.05) is 6.54 Å². The second-order valence-corrected chi connectivity index (χ2v) is 4.52. The largest absolute Gasteiger partial charge is 0.386 e. The van der Waals surface area contributed by atoms with E-state index in [0.717, 1.165) is 11.1 Å². The van der Waals surface area contributed by atoms with E-state index in [1.807, 2.05) is 24.3 Å². The summed E-state index contributed by atoms with van der Waals surface area (Å²) in [6.07, 6.45) is 1.33. The molecule has 6 nitrogen and oxygen atoms in total. The minimum Gasteiger partial charge on any atom is -0.386 e. The second kappa shape index (κ2) is 6.68. The molecule has 0 saturated carbocycles. The molecule has 0 aliphatic heterocycles. The lowest BCUT2D eigenvalue weighted by molar-refractivity contribution is 0.0786. The van der Waals surface area contributed by atoms with Crippen LogP contribution in [0.5, 0.6) is 0 Å². The predicted octanol–water partition coefficient (Wildman–Crippen LogP) is 1.01. The summed E-state index contributed by atoms with van der Waals surface area (Å²) in [6, 6.07) is 6.87. The molecule has 0 spiro atoms. The van der Waals surface area contributed by atoms with Crippen molar-refractivity contribution in [2.45, 2.75) is 26.0 Å². The van der Waals surface area contributed by atoms with Crippen LogP contribution in [0.15, 0.2) is 29.3 Å². The van der Waals surface area contributed by atoms with Crippen molar-refractivity contribution in [3.63, 3.8) is 0 Å². The summed E-state index contributed by atoms with van der Waals surface area (Å²) in [5.74, 6) is 0. The normalized spacial score (nSPS) is 10.5. The average molecular weight is 263 g/mol. The molecule has 0 heterocycles. The van der Waals surface area contributed by atoms with Gasteiger partial charge >= 0.3 is 6.03 Å². The van der Waals surface area contributed by atoms with E-state index >= 15 is 0 Å². The number of urea groups is 1. The van der Waals surface area contributed by atoms with Crippen LogP contribution in [0.4, 0.5) is 4.79 Å². The van der Waals surface area contributed by atoms with Gasteiger partial charge in [0.05, 0.1) is 5.60 Å². The fourth-order valence-electron chi connectivity index (χ4n) is 1.42. The summed E-state index contributed by atoms with van der Waals surface area (Å²) in [5, 5.41) is 14.8. The van der Waals surface area contributed by atoms with Crippen molar-refractivity contribution in [2.24, 2.45) is 4.99 Å². The smallest absolute Gasteiger partial charge is 0.316 e. The Kier molecular flexibility index (Phi) is 5.23. The monoisotopic (exact) mass is 263 g/mol.